The molecular formula is C15H23NO3. The molecule has 0 amide bonds. The molecule has 0 radical (unpaired) electrons. The van der Waals surface area contributed by atoms with E-state index in [1.54, 1.807) is 0 Å². The van der Waals surface area contributed by atoms with E-state index in [-0.39, 0.29) is 6.42 Å². The van der Waals surface area contributed by atoms with Gasteiger partial charge in [-0.1, -0.05) is 29.8 Å². The van der Waals surface area contributed by atoms with Gasteiger partial charge in [0.1, 0.15) is 0 Å². The van der Waals surface area contributed by atoms with Crippen molar-refractivity contribution in [2.75, 3.05) is 20.1 Å². The Morgan fingerprint density at radius 1 is 1.42 bits per heavy atom. The highest BCUT2D eigenvalue weighted by molar-refractivity contribution is 5.66. The van der Waals surface area contributed by atoms with Gasteiger partial charge in [0, 0.05) is 19.5 Å². The standard InChI is InChI=1S/C15H23NO3/c1-12-4-3-5-13(10-12)8-9-16(2)11-14(17)6-7-15(18)19/h3-5,10,14,17H,6-9,11H2,1-2H3,(H,18,19). The minimum absolute atomic E-state index is 0.0207. The van der Waals surface area contributed by atoms with E-state index in [1.165, 1.54) is 11.1 Å². The molecule has 0 saturated carbocycles. The zero-order valence-corrected chi connectivity index (χ0v) is 11.7. The highest BCUT2D eigenvalue weighted by Gasteiger charge is 2.10. The molecule has 0 aliphatic rings. The van der Waals surface area contributed by atoms with E-state index in [9.17, 15) is 9.90 Å². The molecule has 0 saturated heterocycles. The maximum atomic E-state index is 10.4. The summed E-state index contributed by atoms with van der Waals surface area (Å²) in [6.07, 6.45) is 0.694. The second-order valence-corrected chi connectivity index (χ2v) is 5.09. The minimum Gasteiger partial charge on any atom is -0.481 e. The van der Waals surface area contributed by atoms with Crippen LogP contribution in [0.2, 0.25) is 0 Å². The highest BCUT2D eigenvalue weighted by atomic mass is 16.4. The van der Waals surface area contributed by atoms with Crippen LogP contribution in [0.3, 0.4) is 0 Å². The average molecular weight is 265 g/mol. The number of carbonyl (C=O) groups is 1. The third-order valence-corrected chi connectivity index (χ3v) is 3.08. The predicted octanol–water partition coefficient (Wildman–Crippen LogP) is 1.70. The Labute approximate surface area is 114 Å². The molecule has 1 aromatic rings. The quantitative estimate of drug-likeness (QED) is 0.751. The van der Waals surface area contributed by atoms with Crippen LogP contribution in [0.25, 0.3) is 0 Å². The second kappa shape index (κ2) is 7.92. The first-order valence-electron chi connectivity index (χ1n) is 6.61. The Hall–Kier alpha value is -1.39. The molecule has 1 atom stereocenters. The van der Waals surface area contributed by atoms with Gasteiger partial charge in [0.2, 0.25) is 0 Å². The molecule has 2 N–H and O–H groups in total. The minimum atomic E-state index is -0.860. The van der Waals surface area contributed by atoms with Crippen molar-refractivity contribution in [3.63, 3.8) is 0 Å². The lowest BCUT2D eigenvalue weighted by Gasteiger charge is -2.20. The number of aliphatic carboxylic acids is 1. The van der Waals surface area contributed by atoms with Crippen LogP contribution in [0.1, 0.15) is 24.0 Å². The Balaban J connectivity index is 2.27. The molecular weight excluding hydrogens is 242 g/mol. The van der Waals surface area contributed by atoms with Crippen molar-refractivity contribution in [1.29, 1.82) is 0 Å². The van der Waals surface area contributed by atoms with E-state index in [0.717, 1.165) is 13.0 Å². The number of hydrogen-bond acceptors (Lipinski definition) is 3. The number of aliphatic hydroxyl groups excluding tert-OH is 1. The summed E-state index contributed by atoms with van der Waals surface area (Å²) in [5, 5.41) is 18.3. The largest absolute Gasteiger partial charge is 0.481 e. The van der Waals surface area contributed by atoms with E-state index >= 15 is 0 Å². The average Bonchev–Trinajstić information content (AvgIpc) is 2.34. The Kier molecular flexibility index (Phi) is 6.53. The monoisotopic (exact) mass is 265 g/mol. The van der Waals surface area contributed by atoms with Crippen LogP contribution >= 0.6 is 0 Å². The highest BCUT2D eigenvalue weighted by Crippen LogP contribution is 2.06. The summed E-state index contributed by atoms with van der Waals surface area (Å²) >= 11 is 0. The fraction of sp³-hybridized carbons (Fsp3) is 0.533. The lowest BCUT2D eigenvalue weighted by atomic mass is 10.1. The van der Waals surface area contributed by atoms with Gasteiger partial charge in [0.15, 0.2) is 0 Å². The maximum absolute atomic E-state index is 10.4. The second-order valence-electron chi connectivity index (χ2n) is 5.09. The fourth-order valence-electron chi connectivity index (χ4n) is 2.02. The number of nitrogens with zero attached hydrogens (tertiary/aromatic N) is 1. The van der Waals surface area contributed by atoms with E-state index in [1.807, 2.05) is 18.0 Å². The summed E-state index contributed by atoms with van der Waals surface area (Å²) in [5.74, 6) is -0.860. The summed E-state index contributed by atoms with van der Waals surface area (Å²) in [7, 11) is 1.94. The summed E-state index contributed by atoms with van der Waals surface area (Å²) < 4.78 is 0. The normalized spacial score (nSPS) is 12.6. The zero-order valence-electron chi connectivity index (χ0n) is 11.7. The van der Waals surface area contributed by atoms with Crippen molar-refractivity contribution >= 4 is 5.97 Å². The number of benzene rings is 1. The molecule has 4 nitrogen and oxygen atoms in total. The summed E-state index contributed by atoms with van der Waals surface area (Å²) in [6, 6.07) is 8.38. The van der Waals surface area contributed by atoms with Crippen molar-refractivity contribution in [1.82, 2.24) is 4.90 Å². The van der Waals surface area contributed by atoms with E-state index < -0.39 is 12.1 Å². The van der Waals surface area contributed by atoms with Gasteiger partial charge in [-0.15, -0.1) is 0 Å². The molecule has 0 bridgehead atoms. The van der Waals surface area contributed by atoms with Crippen LogP contribution in [-0.4, -0.2) is 47.3 Å². The van der Waals surface area contributed by atoms with Gasteiger partial charge >= 0.3 is 5.97 Å². The first kappa shape index (κ1) is 15.7. The summed E-state index contributed by atoms with van der Waals surface area (Å²) in [4.78, 5) is 12.4. The maximum Gasteiger partial charge on any atom is 0.303 e. The van der Waals surface area contributed by atoms with Gasteiger partial charge in [-0.25, -0.2) is 0 Å². The third kappa shape index (κ3) is 6.94. The number of carboxylic acids is 1. The molecule has 1 rings (SSSR count). The van der Waals surface area contributed by atoms with Gasteiger partial charge in [-0.3, -0.25) is 4.79 Å². The van der Waals surface area contributed by atoms with E-state index in [0.29, 0.717) is 13.0 Å². The topological polar surface area (TPSA) is 60.8 Å². The molecule has 0 spiro atoms. The molecule has 0 aliphatic heterocycles. The van der Waals surface area contributed by atoms with Crippen LogP contribution in [0.5, 0.6) is 0 Å². The first-order chi connectivity index (χ1) is 8.97. The fourth-order valence-corrected chi connectivity index (χ4v) is 2.02. The van der Waals surface area contributed by atoms with Gasteiger partial charge in [0.25, 0.3) is 0 Å². The summed E-state index contributed by atoms with van der Waals surface area (Å²) in [5.41, 5.74) is 2.54. The van der Waals surface area contributed by atoms with Crippen LogP contribution in [0.4, 0.5) is 0 Å². The Morgan fingerprint density at radius 2 is 2.16 bits per heavy atom. The van der Waals surface area contributed by atoms with Gasteiger partial charge in [-0.05, 0) is 32.4 Å². The third-order valence-electron chi connectivity index (χ3n) is 3.08. The molecule has 0 fully saturated rings. The Morgan fingerprint density at radius 3 is 2.79 bits per heavy atom. The lowest BCUT2D eigenvalue weighted by Crippen LogP contribution is -2.31. The number of hydrogen-bond donors (Lipinski definition) is 2. The predicted molar refractivity (Wildman–Crippen MR) is 75.3 cm³/mol. The molecule has 106 valence electrons. The lowest BCUT2D eigenvalue weighted by molar-refractivity contribution is -0.137. The van der Waals surface area contributed by atoms with Crippen molar-refractivity contribution in [3.8, 4) is 0 Å². The van der Waals surface area contributed by atoms with Crippen molar-refractivity contribution in [2.45, 2.75) is 32.3 Å². The SMILES string of the molecule is Cc1cccc(CCN(C)CC(O)CCC(=O)O)c1. The van der Waals surface area contributed by atoms with Crippen molar-refractivity contribution < 1.29 is 15.0 Å². The molecule has 0 aliphatic carbocycles. The van der Waals surface area contributed by atoms with E-state index in [2.05, 4.69) is 25.1 Å². The number of carboxylic acid groups (broad SMARTS) is 1. The van der Waals surface area contributed by atoms with Crippen LogP contribution in [-0.2, 0) is 11.2 Å². The number of aryl methyl sites for hydroxylation is 1. The van der Waals surface area contributed by atoms with Crippen LogP contribution < -0.4 is 0 Å². The van der Waals surface area contributed by atoms with Gasteiger partial charge in [0.05, 0.1) is 6.10 Å². The van der Waals surface area contributed by atoms with Gasteiger partial charge in [-0.2, -0.15) is 0 Å². The summed E-state index contributed by atoms with van der Waals surface area (Å²) in [6.45, 7) is 3.44. The van der Waals surface area contributed by atoms with Crippen molar-refractivity contribution in [3.05, 3.63) is 35.4 Å². The Bertz CT molecular complexity index is 406. The smallest absolute Gasteiger partial charge is 0.303 e. The molecule has 1 unspecified atom stereocenters. The number of likely N-dealkylation sites (N-methyl/N-ethyl adjacent to an activating group) is 1. The first-order valence-corrected chi connectivity index (χ1v) is 6.61. The van der Waals surface area contributed by atoms with Crippen LogP contribution in [0.15, 0.2) is 24.3 Å². The molecule has 0 aromatic heterocycles. The number of rotatable bonds is 8. The zero-order chi connectivity index (χ0) is 14.3. The molecule has 0 heterocycles. The molecule has 4 heteroatoms. The van der Waals surface area contributed by atoms with Gasteiger partial charge < -0.3 is 15.1 Å². The number of aliphatic hydroxyl groups is 1. The molecule has 19 heavy (non-hydrogen) atoms. The van der Waals surface area contributed by atoms with Crippen molar-refractivity contribution in [2.24, 2.45) is 0 Å². The molecule has 1 aromatic carbocycles. The van der Waals surface area contributed by atoms with Crippen LogP contribution in [0, 0.1) is 6.92 Å². The van der Waals surface area contributed by atoms with E-state index in [4.69, 9.17) is 5.11 Å².